The number of rotatable bonds is 6. The normalized spacial score (nSPS) is 20.4. The molecule has 0 saturated carbocycles. The molecule has 0 aromatic carbocycles. The van der Waals surface area contributed by atoms with E-state index in [9.17, 15) is 0 Å². The summed E-state index contributed by atoms with van der Waals surface area (Å²) >= 11 is 0. The van der Waals surface area contributed by atoms with E-state index in [1.807, 2.05) is 0 Å². The minimum absolute atomic E-state index is 0.377. The number of methoxy groups -OCH3 is 1. The maximum atomic E-state index is 5.44. The van der Waals surface area contributed by atoms with Gasteiger partial charge in [0.15, 0.2) is 6.39 Å². The molecule has 0 spiro atoms. The van der Waals surface area contributed by atoms with Crippen LogP contribution in [0.15, 0.2) is 10.8 Å². The maximum absolute atomic E-state index is 5.44. The molecule has 90 valence electrons. The van der Waals surface area contributed by atoms with E-state index in [4.69, 9.17) is 13.9 Å². The van der Waals surface area contributed by atoms with E-state index in [0.717, 1.165) is 44.2 Å². The van der Waals surface area contributed by atoms with Crippen LogP contribution in [0.25, 0.3) is 0 Å². The first-order chi connectivity index (χ1) is 7.92. The van der Waals surface area contributed by atoms with Crippen molar-refractivity contribution in [3.8, 4) is 0 Å². The third-order valence-electron chi connectivity index (χ3n) is 2.75. The maximum Gasteiger partial charge on any atom is 0.181 e. The van der Waals surface area contributed by atoms with E-state index in [1.165, 1.54) is 6.39 Å². The van der Waals surface area contributed by atoms with E-state index < -0.39 is 0 Å². The Bertz CT molecular complexity index is 308. The number of oxazole rings is 1. The summed E-state index contributed by atoms with van der Waals surface area (Å²) < 4.78 is 15.8. The zero-order valence-corrected chi connectivity index (χ0v) is 9.57. The molecule has 5 heteroatoms. The van der Waals surface area contributed by atoms with Crippen molar-refractivity contribution in [3.05, 3.63) is 17.8 Å². The number of ether oxygens (including phenoxy) is 2. The standard InChI is InChI=1S/C11H18N2O3/c1-14-5-3-12-6-10-11(16-8-13-10)9-2-4-15-7-9/h8-9,12H,2-7H2,1H3. The van der Waals surface area contributed by atoms with Crippen LogP contribution < -0.4 is 5.32 Å². The van der Waals surface area contributed by atoms with Gasteiger partial charge in [0, 0.05) is 32.7 Å². The molecular weight excluding hydrogens is 208 g/mol. The van der Waals surface area contributed by atoms with Gasteiger partial charge in [0.1, 0.15) is 5.76 Å². The lowest BCUT2D eigenvalue weighted by atomic mass is 10.0. The average molecular weight is 226 g/mol. The second-order valence-corrected chi connectivity index (χ2v) is 3.89. The third-order valence-corrected chi connectivity index (χ3v) is 2.75. The van der Waals surface area contributed by atoms with Crippen molar-refractivity contribution in [2.24, 2.45) is 0 Å². The molecule has 0 bridgehead atoms. The fourth-order valence-corrected chi connectivity index (χ4v) is 1.87. The van der Waals surface area contributed by atoms with Crippen LogP contribution in [0, 0.1) is 0 Å². The van der Waals surface area contributed by atoms with E-state index in [0.29, 0.717) is 12.5 Å². The van der Waals surface area contributed by atoms with Crippen LogP contribution in [0.2, 0.25) is 0 Å². The summed E-state index contributed by atoms with van der Waals surface area (Å²) in [5.41, 5.74) is 0.992. The number of nitrogens with zero attached hydrogens (tertiary/aromatic N) is 1. The summed E-state index contributed by atoms with van der Waals surface area (Å²) in [4.78, 5) is 4.23. The fourth-order valence-electron chi connectivity index (χ4n) is 1.87. The van der Waals surface area contributed by atoms with Gasteiger partial charge in [-0.15, -0.1) is 0 Å². The lowest BCUT2D eigenvalue weighted by Crippen LogP contribution is -2.19. The molecule has 1 saturated heterocycles. The lowest BCUT2D eigenvalue weighted by Gasteiger charge is -2.07. The van der Waals surface area contributed by atoms with Crippen LogP contribution in [0.1, 0.15) is 23.8 Å². The Morgan fingerprint density at radius 1 is 1.62 bits per heavy atom. The molecule has 1 N–H and O–H groups in total. The van der Waals surface area contributed by atoms with Crippen LogP contribution in [-0.2, 0) is 16.0 Å². The van der Waals surface area contributed by atoms with Gasteiger partial charge in [-0.2, -0.15) is 0 Å². The van der Waals surface area contributed by atoms with Crippen LogP contribution in [-0.4, -0.2) is 38.5 Å². The smallest absolute Gasteiger partial charge is 0.181 e. The Hall–Kier alpha value is -0.910. The predicted octanol–water partition coefficient (Wildman–Crippen LogP) is 0.914. The molecule has 1 aromatic rings. The van der Waals surface area contributed by atoms with Gasteiger partial charge in [-0.05, 0) is 6.42 Å². The quantitative estimate of drug-likeness (QED) is 0.731. The Labute approximate surface area is 95.1 Å². The molecule has 5 nitrogen and oxygen atoms in total. The first-order valence-corrected chi connectivity index (χ1v) is 5.61. The van der Waals surface area contributed by atoms with Gasteiger partial charge in [0.2, 0.25) is 0 Å². The molecule has 1 unspecified atom stereocenters. The molecule has 1 fully saturated rings. The largest absolute Gasteiger partial charge is 0.448 e. The van der Waals surface area contributed by atoms with Crippen LogP contribution in [0.4, 0.5) is 0 Å². The van der Waals surface area contributed by atoms with E-state index in [1.54, 1.807) is 7.11 Å². The minimum atomic E-state index is 0.377. The molecular formula is C11H18N2O3. The van der Waals surface area contributed by atoms with Gasteiger partial charge in [-0.3, -0.25) is 0 Å². The molecule has 1 aliphatic heterocycles. The summed E-state index contributed by atoms with van der Waals surface area (Å²) in [7, 11) is 1.69. The highest BCUT2D eigenvalue weighted by Gasteiger charge is 2.24. The Morgan fingerprint density at radius 3 is 3.31 bits per heavy atom. The van der Waals surface area contributed by atoms with Crippen LogP contribution in [0.3, 0.4) is 0 Å². The van der Waals surface area contributed by atoms with Crippen molar-refractivity contribution < 1.29 is 13.9 Å². The summed E-state index contributed by atoms with van der Waals surface area (Å²) in [6.07, 6.45) is 2.54. The second-order valence-electron chi connectivity index (χ2n) is 3.89. The highest BCUT2D eigenvalue weighted by atomic mass is 16.5. The molecule has 0 radical (unpaired) electrons. The van der Waals surface area contributed by atoms with Crippen molar-refractivity contribution >= 4 is 0 Å². The summed E-state index contributed by atoms with van der Waals surface area (Å²) in [6.45, 7) is 3.83. The molecule has 1 aromatic heterocycles. The Kier molecular flexibility index (Phi) is 4.33. The van der Waals surface area contributed by atoms with Gasteiger partial charge in [-0.1, -0.05) is 0 Å². The highest BCUT2D eigenvalue weighted by molar-refractivity contribution is 5.13. The summed E-state index contributed by atoms with van der Waals surface area (Å²) in [6, 6.07) is 0. The van der Waals surface area contributed by atoms with Gasteiger partial charge >= 0.3 is 0 Å². The second kappa shape index (κ2) is 5.98. The van der Waals surface area contributed by atoms with Crippen molar-refractivity contribution in [2.45, 2.75) is 18.9 Å². The van der Waals surface area contributed by atoms with Crippen molar-refractivity contribution in [3.63, 3.8) is 0 Å². The van der Waals surface area contributed by atoms with Crippen molar-refractivity contribution in [1.82, 2.24) is 10.3 Å². The predicted molar refractivity (Wildman–Crippen MR) is 58.3 cm³/mol. The minimum Gasteiger partial charge on any atom is -0.448 e. The zero-order chi connectivity index (χ0) is 11.2. The summed E-state index contributed by atoms with van der Waals surface area (Å²) in [5.74, 6) is 1.35. The number of hydrogen-bond donors (Lipinski definition) is 1. The Morgan fingerprint density at radius 2 is 2.56 bits per heavy atom. The van der Waals surface area contributed by atoms with Gasteiger partial charge in [0.25, 0.3) is 0 Å². The summed E-state index contributed by atoms with van der Waals surface area (Å²) in [5, 5.41) is 3.26. The van der Waals surface area contributed by atoms with E-state index in [2.05, 4.69) is 10.3 Å². The molecule has 1 atom stereocenters. The molecule has 2 heterocycles. The number of aromatic nitrogens is 1. The van der Waals surface area contributed by atoms with Crippen LogP contribution >= 0.6 is 0 Å². The topological polar surface area (TPSA) is 56.5 Å². The number of nitrogens with one attached hydrogen (secondary N) is 1. The highest BCUT2D eigenvalue weighted by Crippen LogP contribution is 2.27. The molecule has 16 heavy (non-hydrogen) atoms. The Balaban J connectivity index is 1.86. The third kappa shape index (κ3) is 2.81. The van der Waals surface area contributed by atoms with Gasteiger partial charge in [-0.25, -0.2) is 4.98 Å². The average Bonchev–Trinajstić information content (AvgIpc) is 2.94. The van der Waals surface area contributed by atoms with Gasteiger partial charge < -0.3 is 19.2 Å². The van der Waals surface area contributed by atoms with Crippen molar-refractivity contribution in [2.75, 3.05) is 33.5 Å². The zero-order valence-electron chi connectivity index (χ0n) is 9.57. The van der Waals surface area contributed by atoms with Gasteiger partial charge in [0.05, 0.1) is 18.9 Å². The van der Waals surface area contributed by atoms with E-state index in [-0.39, 0.29) is 0 Å². The van der Waals surface area contributed by atoms with Crippen LogP contribution in [0.5, 0.6) is 0 Å². The molecule has 1 aliphatic rings. The SMILES string of the molecule is COCCNCc1ncoc1C1CCOC1. The monoisotopic (exact) mass is 226 g/mol. The first-order valence-electron chi connectivity index (χ1n) is 5.61. The lowest BCUT2D eigenvalue weighted by molar-refractivity contribution is 0.191. The molecule has 0 aliphatic carbocycles. The number of hydrogen-bond acceptors (Lipinski definition) is 5. The molecule has 0 amide bonds. The molecule has 2 rings (SSSR count). The fraction of sp³-hybridized carbons (Fsp3) is 0.727. The first kappa shape index (κ1) is 11.6. The van der Waals surface area contributed by atoms with E-state index >= 15 is 0 Å². The van der Waals surface area contributed by atoms with Crippen molar-refractivity contribution in [1.29, 1.82) is 0 Å².